The van der Waals surface area contributed by atoms with Crippen LogP contribution in [0.2, 0.25) is 0 Å². The molecule has 1 aromatic rings. The Labute approximate surface area is 124 Å². The minimum absolute atomic E-state index is 0.108. The summed E-state index contributed by atoms with van der Waals surface area (Å²) in [6, 6.07) is 4.28. The van der Waals surface area contributed by atoms with Crippen molar-refractivity contribution in [2.45, 2.75) is 51.1 Å². The molecule has 21 heavy (non-hydrogen) atoms. The van der Waals surface area contributed by atoms with Crippen LogP contribution in [0.5, 0.6) is 0 Å². The zero-order valence-corrected chi connectivity index (χ0v) is 12.3. The summed E-state index contributed by atoms with van der Waals surface area (Å²) in [7, 11) is 0. The van der Waals surface area contributed by atoms with Gasteiger partial charge in [0.2, 0.25) is 0 Å². The van der Waals surface area contributed by atoms with Crippen LogP contribution < -0.4 is 10.6 Å². The van der Waals surface area contributed by atoms with Gasteiger partial charge < -0.3 is 10.6 Å². The second kappa shape index (κ2) is 7.36. The molecule has 1 aliphatic rings. The highest BCUT2D eigenvalue weighted by molar-refractivity contribution is 5.50. The van der Waals surface area contributed by atoms with Gasteiger partial charge in [-0.1, -0.05) is 12.8 Å². The minimum Gasteiger partial charge on any atom is -0.380 e. The highest BCUT2D eigenvalue weighted by atomic mass is 19.1. The zero-order valence-electron chi connectivity index (χ0n) is 12.3. The molecule has 2 N–H and O–H groups in total. The van der Waals surface area contributed by atoms with Crippen molar-refractivity contribution in [2.24, 2.45) is 0 Å². The number of halogens is 1. The van der Waals surface area contributed by atoms with Crippen LogP contribution in [0.3, 0.4) is 0 Å². The minimum atomic E-state index is -0.592. The predicted molar refractivity (Wildman–Crippen MR) is 81.0 cm³/mol. The summed E-state index contributed by atoms with van der Waals surface area (Å²) in [5.74, 6) is -0.579. The number of nitro benzene ring substituents is 1. The molecule has 0 aliphatic carbocycles. The molecule has 0 amide bonds. The van der Waals surface area contributed by atoms with E-state index in [9.17, 15) is 14.5 Å². The second-order valence-electron chi connectivity index (χ2n) is 5.70. The van der Waals surface area contributed by atoms with Gasteiger partial charge in [-0.25, -0.2) is 4.39 Å². The molecule has 0 saturated carbocycles. The molecule has 1 fully saturated rings. The summed E-state index contributed by atoms with van der Waals surface area (Å²) >= 11 is 0. The number of nitrogens with one attached hydrogen (secondary N) is 2. The van der Waals surface area contributed by atoms with E-state index >= 15 is 0 Å². The molecule has 2 unspecified atom stereocenters. The Morgan fingerprint density at radius 1 is 1.48 bits per heavy atom. The summed E-state index contributed by atoms with van der Waals surface area (Å²) < 4.78 is 13.8. The van der Waals surface area contributed by atoms with Crippen LogP contribution in [0, 0.1) is 15.9 Å². The summed E-state index contributed by atoms with van der Waals surface area (Å²) in [5.41, 5.74) is 0.0952. The largest absolute Gasteiger partial charge is 0.380 e. The fourth-order valence-electron chi connectivity index (χ4n) is 2.79. The van der Waals surface area contributed by atoms with Crippen molar-refractivity contribution < 1.29 is 9.31 Å². The summed E-state index contributed by atoms with van der Waals surface area (Å²) in [5, 5.41) is 17.2. The van der Waals surface area contributed by atoms with Gasteiger partial charge in [-0.15, -0.1) is 0 Å². The van der Waals surface area contributed by atoms with Gasteiger partial charge >= 0.3 is 0 Å². The summed E-state index contributed by atoms with van der Waals surface area (Å²) in [6.45, 7) is 3.05. The van der Waals surface area contributed by atoms with Crippen LogP contribution >= 0.6 is 0 Å². The molecule has 2 rings (SSSR count). The Hall–Kier alpha value is -1.69. The van der Waals surface area contributed by atoms with E-state index in [4.69, 9.17) is 0 Å². The van der Waals surface area contributed by atoms with Gasteiger partial charge in [0.25, 0.3) is 5.69 Å². The maximum absolute atomic E-state index is 13.8. The summed E-state index contributed by atoms with van der Waals surface area (Å²) in [6.07, 6.45) is 5.78. The molecule has 116 valence electrons. The molecule has 5 nitrogen and oxygen atoms in total. The number of non-ortho nitro benzene ring substituents is 1. The van der Waals surface area contributed by atoms with Gasteiger partial charge in [-0.2, -0.15) is 0 Å². The van der Waals surface area contributed by atoms with E-state index in [0.29, 0.717) is 11.7 Å². The van der Waals surface area contributed by atoms with E-state index in [-0.39, 0.29) is 11.7 Å². The topological polar surface area (TPSA) is 67.2 Å². The van der Waals surface area contributed by atoms with E-state index in [1.54, 1.807) is 0 Å². The molecule has 6 heteroatoms. The first-order valence-electron chi connectivity index (χ1n) is 7.50. The Bertz CT molecular complexity index is 488. The molecule has 0 bridgehead atoms. The standard InChI is InChI=1S/C15H22FN3O2/c1-11(9-12-5-3-2-4-8-17-12)18-15-7-6-13(19(20)21)10-14(15)16/h6-7,10-12,17-18H,2-5,8-9H2,1H3. The molecule has 1 heterocycles. The Morgan fingerprint density at radius 3 is 3.00 bits per heavy atom. The average Bonchev–Trinajstić information content (AvgIpc) is 2.69. The number of benzene rings is 1. The van der Waals surface area contributed by atoms with Crippen molar-refractivity contribution in [3.05, 3.63) is 34.1 Å². The predicted octanol–water partition coefficient (Wildman–Crippen LogP) is 3.46. The lowest BCUT2D eigenvalue weighted by atomic mass is 10.0. The van der Waals surface area contributed by atoms with Gasteiger partial charge in [0.05, 0.1) is 16.7 Å². The van der Waals surface area contributed by atoms with E-state index in [1.807, 2.05) is 6.92 Å². The quantitative estimate of drug-likeness (QED) is 0.645. The first-order valence-corrected chi connectivity index (χ1v) is 7.50. The normalized spacial score (nSPS) is 20.6. The van der Waals surface area contributed by atoms with Crippen LogP contribution in [-0.2, 0) is 0 Å². The lowest BCUT2D eigenvalue weighted by Crippen LogP contribution is -2.33. The van der Waals surface area contributed by atoms with Crippen molar-refractivity contribution in [3.63, 3.8) is 0 Å². The van der Waals surface area contributed by atoms with E-state index in [2.05, 4.69) is 10.6 Å². The molecule has 2 atom stereocenters. The van der Waals surface area contributed by atoms with Crippen LogP contribution in [-0.4, -0.2) is 23.6 Å². The molecule has 0 aromatic heterocycles. The van der Waals surface area contributed by atoms with E-state index in [1.165, 1.54) is 31.4 Å². The average molecular weight is 295 g/mol. The number of hydrogen-bond donors (Lipinski definition) is 2. The Balaban J connectivity index is 1.92. The monoisotopic (exact) mass is 295 g/mol. The maximum atomic E-state index is 13.8. The van der Waals surface area contributed by atoms with Crippen molar-refractivity contribution in [2.75, 3.05) is 11.9 Å². The number of hydrogen-bond acceptors (Lipinski definition) is 4. The third-order valence-corrected chi connectivity index (χ3v) is 3.87. The smallest absolute Gasteiger partial charge is 0.272 e. The van der Waals surface area contributed by atoms with E-state index in [0.717, 1.165) is 25.5 Å². The number of rotatable bonds is 5. The zero-order chi connectivity index (χ0) is 15.2. The molecular weight excluding hydrogens is 273 g/mol. The van der Waals surface area contributed by atoms with Gasteiger partial charge in [0.15, 0.2) is 5.82 Å². The van der Waals surface area contributed by atoms with E-state index < -0.39 is 10.7 Å². The first kappa shape index (κ1) is 15.7. The van der Waals surface area contributed by atoms with Gasteiger partial charge in [-0.05, 0) is 38.8 Å². The number of nitrogens with zero attached hydrogens (tertiary/aromatic N) is 1. The van der Waals surface area contributed by atoms with Crippen LogP contribution in [0.4, 0.5) is 15.8 Å². The fourth-order valence-corrected chi connectivity index (χ4v) is 2.79. The van der Waals surface area contributed by atoms with Gasteiger partial charge in [0, 0.05) is 18.2 Å². The van der Waals surface area contributed by atoms with Crippen LogP contribution in [0.25, 0.3) is 0 Å². The molecule has 1 aliphatic heterocycles. The van der Waals surface area contributed by atoms with Crippen molar-refractivity contribution in [3.8, 4) is 0 Å². The molecule has 0 spiro atoms. The highest BCUT2D eigenvalue weighted by Crippen LogP contribution is 2.22. The Kier molecular flexibility index (Phi) is 5.50. The highest BCUT2D eigenvalue weighted by Gasteiger charge is 2.17. The lowest BCUT2D eigenvalue weighted by Gasteiger charge is -2.22. The first-order chi connectivity index (χ1) is 10.1. The third kappa shape index (κ3) is 4.67. The lowest BCUT2D eigenvalue weighted by molar-refractivity contribution is -0.385. The number of anilines is 1. The van der Waals surface area contributed by atoms with Crippen molar-refractivity contribution >= 4 is 11.4 Å². The van der Waals surface area contributed by atoms with Gasteiger partial charge in [0.1, 0.15) is 0 Å². The van der Waals surface area contributed by atoms with Crippen LogP contribution in [0.15, 0.2) is 18.2 Å². The molecule has 0 radical (unpaired) electrons. The van der Waals surface area contributed by atoms with Crippen molar-refractivity contribution in [1.82, 2.24) is 5.32 Å². The maximum Gasteiger partial charge on any atom is 0.272 e. The number of nitro groups is 1. The third-order valence-electron chi connectivity index (χ3n) is 3.87. The fraction of sp³-hybridized carbons (Fsp3) is 0.600. The molecule has 1 saturated heterocycles. The SMILES string of the molecule is CC(CC1CCCCCN1)Nc1ccc([N+](=O)[O-])cc1F. The van der Waals surface area contributed by atoms with Crippen LogP contribution in [0.1, 0.15) is 39.0 Å². The molecule has 1 aromatic carbocycles. The second-order valence-corrected chi connectivity index (χ2v) is 5.70. The Morgan fingerprint density at radius 2 is 2.29 bits per heavy atom. The summed E-state index contributed by atoms with van der Waals surface area (Å²) in [4.78, 5) is 10.0. The van der Waals surface area contributed by atoms with Crippen molar-refractivity contribution in [1.29, 1.82) is 0 Å². The molecular formula is C15H22FN3O2. The van der Waals surface area contributed by atoms with Gasteiger partial charge in [-0.3, -0.25) is 10.1 Å².